The molecule has 2 aliphatic rings. The fraction of sp³-hybridized carbons (Fsp3) is 0.933. The van der Waals surface area contributed by atoms with E-state index in [9.17, 15) is 4.79 Å². The molecule has 2 heterocycles. The molecule has 0 saturated carbocycles. The lowest BCUT2D eigenvalue weighted by Gasteiger charge is -2.48. The Hall–Kier alpha value is -0.770. The van der Waals surface area contributed by atoms with E-state index in [0.29, 0.717) is 18.0 Å². The first-order valence-corrected chi connectivity index (χ1v) is 7.62. The Balaban J connectivity index is 2.03. The van der Waals surface area contributed by atoms with Crippen LogP contribution in [0.15, 0.2) is 0 Å². The Bertz CT molecular complexity index is 311. The van der Waals surface area contributed by atoms with Gasteiger partial charge in [0.2, 0.25) is 0 Å². The molecule has 4 nitrogen and oxygen atoms in total. The summed E-state index contributed by atoms with van der Waals surface area (Å²) < 4.78 is 5.57. The van der Waals surface area contributed by atoms with Crippen LogP contribution >= 0.6 is 0 Å². The molecule has 2 fully saturated rings. The summed E-state index contributed by atoms with van der Waals surface area (Å²) in [6.07, 6.45) is 6.67. The van der Waals surface area contributed by atoms with Crippen molar-refractivity contribution in [2.45, 2.75) is 77.0 Å². The van der Waals surface area contributed by atoms with E-state index >= 15 is 0 Å². The van der Waals surface area contributed by atoms with Gasteiger partial charge in [-0.1, -0.05) is 0 Å². The molecule has 0 aromatic carbocycles. The Kier molecular flexibility index (Phi) is 4.39. The molecule has 2 rings (SSSR count). The molecule has 2 aliphatic heterocycles. The van der Waals surface area contributed by atoms with Crippen molar-refractivity contribution in [3.8, 4) is 0 Å². The predicted octanol–water partition coefficient (Wildman–Crippen LogP) is 2.90. The highest BCUT2D eigenvalue weighted by atomic mass is 16.6. The maximum atomic E-state index is 12.4. The van der Waals surface area contributed by atoms with Crippen molar-refractivity contribution in [3.63, 3.8) is 0 Å². The number of carbonyl (C=O) groups excluding carboxylic acids is 1. The van der Waals surface area contributed by atoms with Gasteiger partial charge >= 0.3 is 6.09 Å². The Morgan fingerprint density at radius 1 is 1.26 bits per heavy atom. The van der Waals surface area contributed by atoms with Crippen LogP contribution in [0.4, 0.5) is 4.79 Å². The third kappa shape index (κ3) is 3.62. The number of hydrogen-bond donors (Lipinski definition) is 1. The van der Waals surface area contributed by atoms with Crippen LogP contribution in [-0.2, 0) is 4.74 Å². The number of carbonyl (C=O) groups is 1. The van der Waals surface area contributed by atoms with Crippen LogP contribution in [0.25, 0.3) is 0 Å². The van der Waals surface area contributed by atoms with Crippen LogP contribution in [0.5, 0.6) is 0 Å². The van der Waals surface area contributed by atoms with Crippen LogP contribution in [0, 0.1) is 5.92 Å². The third-order valence-corrected chi connectivity index (χ3v) is 4.25. The molecule has 2 bridgehead atoms. The van der Waals surface area contributed by atoms with Crippen LogP contribution in [0.1, 0.15) is 59.3 Å². The third-order valence-electron chi connectivity index (χ3n) is 4.25. The lowest BCUT2D eigenvalue weighted by atomic mass is 9.77. The summed E-state index contributed by atoms with van der Waals surface area (Å²) in [7, 11) is 0. The summed E-state index contributed by atoms with van der Waals surface area (Å²) in [6.45, 7) is 6.56. The van der Waals surface area contributed by atoms with Crippen molar-refractivity contribution in [2.24, 2.45) is 11.7 Å². The zero-order valence-corrected chi connectivity index (χ0v) is 12.5. The zero-order valence-electron chi connectivity index (χ0n) is 12.5. The van der Waals surface area contributed by atoms with Crippen LogP contribution in [0.3, 0.4) is 0 Å². The molecule has 0 spiro atoms. The molecular weight excluding hydrogens is 240 g/mol. The summed E-state index contributed by atoms with van der Waals surface area (Å²) in [5.74, 6) is 0.694. The first kappa shape index (κ1) is 14.6. The van der Waals surface area contributed by atoms with E-state index < -0.39 is 5.60 Å². The van der Waals surface area contributed by atoms with E-state index in [1.54, 1.807) is 0 Å². The van der Waals surface area contributed by atoms with Crippen molar-refractivity contribution in [2.75, 3.05) is 6.54 Å². The van der Waals surface area contributed by atoms with Gasteiger partial charge in [0, 0.05) is 12.1 Å². The average Bonchev–Trinajstić information content (AvgIpc) is 2.25. The molecule has 2 saturated heterocycles. The molecule has 110 valence electrons. The molecule has 0 radical (unpaired) electrons. The fourth-order valence-corrected chi connectivity index (χ4v) is 3.58. The first-order valence-electron chi connectivity index (χ1n) is 7.62. The van der Waals surface area contributed by atoms with Gasteiger partial charge < -0.3 is 15.4 Å². The largest absolute Gasteiger partial charge is 0.444 e. The van der Waals surface area contributed by atoms with E-state index in [1.807, 2.05) is 25.7 Å². The monoisotopic (exact) mass is 268 g/mol. The van der Waals surface area contributed by atoms with Gasteiger partial charge in [-0.25, -0.2) is 4.79 Å². The highest BCUT2D eigenvalue weighted by Crippen LogP contribution is 2.38. The van der Waals surface area contributed by atoms with E-state index in [2.05, 4.69) is 0 Å². The average molecular weight is 268 g/mol. The van der Waals surface area contributed by atoms with Crippen molar-refractivity contribution in [1.29, 1.82) is 0 Å². The number of ether oxygens (including phenoxy) is 1. The maximum absolute atomic E-state index is 12.4. The zero-order chi connectivity index (χ0) is 14.0. The minimum Gasteiger partial charge on any atom is -0.444 e. The van der Waals surface area contributed by atoms with E-state index in [0.717, 1.165) is 38.6 Å². The molecular formula is C15H28N2O2. The quantitative estimate of drug-likeness (QED) is 0.837. The molecule has 4 heteroatoms. The first-order chi connectivity index (χ1) is 8.90. The van der Waals surface area contributed by atoms with E-state index in [-0.39, 0.29) is 6.09 Å². The number of nitrogens with zero attached hydrogens (tertiary/aromatic N) is 1. The summed E-state index contributed by atoms with van der Waals surface area (Å²) >= 11 is 0. The van der Waals surface area contributed by atoms with Crippen molar-refractivity contribution in [1.82, 2.24) is 4.90 Å². The highest BCUT2D eigenvalue weighted by molar-refractivity contribution is 5.69. The molecule has 0 aromatic rings. The van der Waals surface area contributed by atoms with Gasteiger partial charge in [-0.3, -0.25) is 0 Å². The molecule has 0 aromatic heterocycles. The number of nitrogens with two attached hydrogens (primary N) is 1. The number of fused-ring (bicyclic) bond motifs is 2. The number of amides is 1. The molecule has 19 heavy (non-hydrogen) atoms. The summed E-state index contributed by atoms with van der Waals surface area (Å²) in [5.41, 5.74) is 5.28. The summed E-state index contributed by atoms with van der Waals surface area (Å²) in [6, 6.07) is 0.748. The lowest BCUT2D eigenvalue weighted by molar-refractivity contribution is -0.0285. The number of rotatable bonds is 2. The second kappa shape index (κ2) is 5.70. The Labute approximate surface area is 116 Å². The standard InChI is InChI=1S/C15H28N2O2/c1-15(2,3)19-14(18)17-12-5-4-6-13(17)10-11(9-12)7-8-16/h11-13H,4-10,16H2,1-3H3. The number of hydrogen-bond acceptors (Lipinski definition) is 3. The summed E-state index contributed by atoms with van der Waals surface area (Å²) in [5, 5.41) is 0. The van der Waals surface area contributed by atoms with Crippen molar-refractivity contribution in [3.05, 3.63) is 0 Å². The minimum atomic E-state index is -0.403. The molecule has 0 aliphatic carbocycles. The van der Waals surface area contributed by atoms with Gasteiger partial charge in [0.15, 0.2) is 0 Å². The summed E-state index contributed by atoms with van der Waals surface area (Å²) in [4.78, 5) is 14.4. The predicted molar refractivity (Wildman–Crippen MR) is 75.9 cm³/mol. The van der Waals surface area contributed by atoms with Gasteiger partial charge in [-0.2, -0.15) is 0 Å². The Morgan fingerprint density at radius 3 is 2.32 bits per heavy atom. The van der Waals surface area contributed by atoms with Crippen molar-refractivity contribution >= 4 is 6.09 Å². The SMILES string of the molecule is CC(C)(C)OC(=O)N1C2CCCC1CC(CCN)C2. The van der Waals surface area contributed by atoms with Gasteiger partial charge in [-0.15, -0.1) is 0 Å². The van der Waals surface area contributed by atoms with Gasteiger partial charge in [0.1, 0.15) is 5.60 Å². The second-order valence-electron chi connectivity index (χ2n) is 7.04. The molecule has 2 atom stereocenters. The van der Waals surface area contributed by atoms with Crippen LogP contribution in [0.2, 0.25) is 0 Å². The topological polar surface area (TPSA) is 55.6 Å². The highest BCUT2D eigenvalue weighted by Gasteiger charge is 2.42. The van der Waals surface area contributed by atoms with Crippen molar-refractivity contribution < 1.29 is 9.53 Å². The van der Waals surface area contributed by atoms with Gasteiger partial charge in [-0.05, 0) is 71.8 Å². The second-order valence-corrected chi connectivity index (χ2v) is 7.04. The molecule has 2 N–H and O–H groups in total. The number of piperidine rings is 2. The van der Waals surface area contributed by atoms with Gasteiger partial charge in [0.25, 0.3) is 0 Å². The maximum Gasteiger partial charge on any atom is 0.410 e. The molecule has 1 amide bonds. The smallest absolute Gasteiger partial charge is 0.410 e. The normalized spacial score (nSPS) is 31.2. The van der Waals surface area contributed by atoms with Crippen LogP contribution < -0.4 is 5.73 Å². The fourth-order valence-electron chi connectivity index (χ4n) is 3.58. The van der Waals surface area contributed by atoms with E-state index in [4.69, 9.17) is 10.5 Å². The molecule has 2 unspecified atom stereocenters. The Morgan fingerprint density at radius 2 is 1.84 bits per heavy atom. The lowest BCUT2D eigenvalue weighted by Crippen LogP contribution is -2.55. The van der Waals surface area contributed by atoms with Crippen LogP contribution in [-0.4, -0.2) is 35.2 Å². The van der Waals surface area contributed by atoms with E-state index in [1.165, 1.54) is 6.42 Å². The minimum absolute atomic E-state index is 0.117. The van der Waals surface area contributed by atoms with Gasteiger partial charge in [0.05, 0.1) is 0 Å².